The molecule has 2 heterocycles. The monoisotopic (exact) mass is 391 g/mol. The molecule has 0 aliphatic heterocycles. The van der Waals surface area contributed by atoms with Crippen molar-refractivity contribution in [1.29, 1.82) is 5.26 Å². The number of amides is 1. The molecule has 0 spiro atoms. The van der Waals surface area contributed by atoms with Crippen LogP contribution in [-0.4, -0.2) is 40.2 Å². The lowest BCUT2D eigenvalue weighted by Crippen LogP contribution is -2.35. The van der Waals surface area contributed by atoms with Crippen LogP contribution in [0.1, 0.15) is 12.3 Å². The number of rotatable bonds is 8. The third kappa shape index (κ3) is 5.46. The zero-order valence-corrected chi connectivity index (χ0v) is 15.4. The van der Waals surface area contributed by atoms with Gasteiger partial charge in [0.25, 0.3) is 5.91 Å². The predicted octanol–water partition coefficient (Wildman–Crippen LogP) is 2.16. The van der Waals surface area contributed by atoms with Crippen molar-refractivity contribution in [2.45, 2.75) is 12.8 Å². The van der Waals surface area contributed by atoms with Crippen LogP contribution in [0.15, 0.2) is 59.3 Å². The van der Waals surface area contributed by atoms with Gasteiger partial charge in [-0.1, -0.05) is 29.4 Å². The average molecular weight is 391 g/mol. The Morgan fingerprint density at radius 3 is 2.66 bits per heavy atom. The number of hydrogen-bond donors (Lipinski definition) is 0. The second kappa shape index (κ2) is 9.75. The fourth-order valence-electron chi connectivity index (χ4n) is 2.46. The number of anilines is 1. The zero-order valence-electron chi connectivity index (χ0n) is 15.4. The maximum atomic E-state index is 12.3. The van der Waals surface area contributed by atoms with Crippen molar-refractivity contribution in [2.75, 3.05) is 18.1 Å². The fraction of sp³-hybridized carbons (Fsp3) is 0.200. The summed E-state index contributed by atoms with van der Waals surface area (Å²) in [6, 6.07) is 16.0. The molecule has 0 aliphatic rings. The molecule has 146 valence electrons. The summed E-state index contributed by atoms with van der Waals surface area (Å²) in [7, 11) is 0. The van der Waals surface area contributed by atoms with Gasteiger partial charge in [0.1, 0.15) is 12.2 Å². The lowest BCUT2D eigenvalue weighted by Gasteiger charge is -2.19. The average Bonchev–Trinajstić information content (AvgIpc) is 3.25. The maximum Gasteiger partial charge on any atom is 0.306 e. The number of aryl methyl sites for hydroxylation is 1. The summed E-state index contributed by atoms with van der Waals surface area (Å²) >= 11 is 0. The van der Waals surface area contributed by atoms with Crippen molar-refractivity contribution < 1.29 is 18.8 Å². The molecule has 1 aromatic carbocycles. The van der Waals surface area contributed by atoms with E-state index >= 15 is 0 Å². The van der Waals surface area contributed by atoms with E-state index in [1.807, 2.05) is 6.07 Å². The molecule has 1 amide bonds. The predicted molar refractivity (Wildman–Crippen MR) is 101 cm³/mol. The van der Waals surface area contributed by atoms with Gasteiger partial charge in [-0.15, -0.1) is 0 Å². The first-order valence-electron chi connectivity index (χ1n) is 8.79. The Labute approximate surface area is 166 Å². The summed E-state index contributed by atoms with van der Waals surface area (Å²) in [5.74, 6) is -0.467. The van der Waals surface area contributed by atoms with E-state index in [4.69, 9.17) is 14.5 Å². The van der Waals surface area contributed by atoms with Crippen LogP contribution in [0.5, 0.6) is 0 Å². The maximum absolute atomic E-state index is 12.3. The Bertz CT molecular complexity index is 998. The lowest BCUT2D eigenvalue weighted by atomic mass is 10.3. The number of nitriles is 1. The van der Waals surface area contributed by atoms with E-state index in [1.54, 1.807) is 54.7 Å². The highest BCUT2D eigenvalue weighted by Gasteiger charge is 2.18. The number of nitrogens with zero attached hydrogens (tertiary/aromatic N) is 5. The molecule has 0 saturated heterocycles. The molecule has 3 aromatic rings. The van der Waals surface area contributed by atoms with E-state index in [0.29, 0.717) is 17.2 Å². The summed E-state index contributed by atoms with van der Waals surface area (Å²) in [6.07, 6.45) is 1.76. The van der Waals surface area contributed by atoms with Crippen LogP contribution in [-0.2, 0) is 20.7 Å². The molecule has 9 nitrogen and oxygen atoms in total. The Kier molecular flexibility index (Phi) is 6.62. The van der Waals surface area contributed by atoms with Crippen molar-refractivity contribution in [3.05, 3.63) is 60.6 Å². The van der Waals surface area contributed by atoms with Crippen LogP contribution in [0.25, 0.3) is 11.5 Å². The molecule has 0 aliphatic carbocycles. The van der Waals surface area contributed by atoms with Crippen molar-refractivity contribution in [1.82, 2.24) is 15.1 Å². The third-order valence-electron chi connectivity index (χ3n) is 3.86. The third-order valence-corrected chi connectivity index (χ3v) is 3.86. The Morgan fingerprint density at radius 2 is 1.93 bits per heavy atom. The minimum absolute atomic E-state index is 0.0271. The van der Waals surface area contributed by atoms with E-state index in [9.17, 15) is 9.59 Å². The van der Waals surface area contributed by atoms with Gasteiger partial charge in [0, 0.05) is 18.3 Å². The second-order valence-electron chi connectivity index (χ2n) is 5.86. The lowest BCUT2D eigenvalue weighted by molar-refractivity contribution is -0.147. The minimum atomic E-state index is -0.582. The first-order chi connectivity index (χ1) is 14.2. The molecular weight excluding hydrogens is 374 g/mol. The van der Waals surface area contributed by atoms with Crippen molar-refractivity contribution in [3.8, 4) is 17.6 Å². The van der Waals surface area contributed by atoms with Crippen molar-refractivity contribution >= 4 is 17.6 Å². The minimum Gasteiger partial charge on any atom is -0.456 e. The number of carbonyl (C=O) groups is 2. The van der Waals surface area contributed by atoms with Crippen molar-refractivity contribution in [2.24, 2.45) is 0 Å². The number of ether oxygens (including phenoxy) is 1. The Balaban J connectivity index is 1.49. The number of pyridine rings is 1. The topological polar surface area (TPSA) is 122 Å². The van der Waals surface area contributed by atoms with Crippen LogP contribution >= 0.6 is 0 Å². The molecule has 0 atom stereocenters. The van der Waals surface area contributed by atoms with Gasteiger partial charge < -0.3 is 9.26 Å². The van der Waals surface area contributed by atoms with Crippen LogP contribution < -0.4 is 4.90 Å². The number of esters is 1. The van der Waals surface area contributed by atoms with E-state index in [1.165, 1.54) is 4.90 Å². The molecule has 0 fully saturated rings. The summed E-state index contributed by atoms with van der Waals surface area (Å²) in [5, 5.41) is 12.8. The standard InChI is InChI=1S/C20H17N5O4/c21-11-13-25(15-6-2-1-3-7-15)18(26)14-28-19(27)10-9-17-23-20(24-29-17)16-8-4-5-12-22-16/h1-8,12H,9-10,13-14H2. The molecule has 2 aromatic heterocycles. The van der Waals surface area contributed by atoms with Crippen LogP contribution in [0, 0.1) is 11.3 Å². The number of carbonyl (C=O) groups excluding carboxylic acids is 2. The quantitative estimate of drug-likeness (QED) is 0.423. The normalized spacial score (nSPS) is 10.2. The molecule has 0 radical (unpaired) electrons. The molecule has 9 heteroatoms. The SMILES string of the molecule is N#CCN(C(=O)COC(=O)CCc1nc(-c2ccccn2)no1)c1ccccc1. The molecule has 0 bridgehead atoms. The van der Waals surface area contributed by atoms with Gasteiger partial charge in [-0.3, -0.25) is 19.5 Å². The summed E-state index contributed by atoms with van der Waals surface area (Å²) < 4.78 is 10.1. The van der Waals surface area contributed by atoms with E-state index in [0.717, 1.165) is 0 Å². The van der Waals surface area contributed by atoms with Gasteiger partial charge in [-0.05, 0) is 24.3 Å². The van der Waals surface area contributed by atoms with Gasteiger partial charge in [-0.2, -0.15) is 10.2 Å². The smallest absolute Gasteiger partial charge is 0.306 e. The van der Waals surface area contributed by atoms with Gasteiger partial charge in [0.15, 0.2) is 6.61 Å². The zero-order chi connectivity index (χ0) is 20.5. The highest BCUT2D eigenvalue weighted by molar-refractivity contribution is 5.95. The van der Waals surface area contributed by atoms with E-state index in [2.05, 4.69) is 15.1 Å². The molecule has 3 rings (SSSR count). The first kappa shape index (κ1) is 19.7. The highest BCUT2D eigenvalue weighted by Crippen LogP contribution is 2.14. The largest absolute Gasteiger partial charge is 0.456 e. The van der Waals surface area contributed by atoms with E-state index < -0.39 is 18.5 Å². The summed E-state index contributed by atoms with van der Waals surface area (Å²) in [6.45, 7) is -0.600. The number of aromatic nitrogens is 3. The van der Waals surface area contributed by atoms with Gasteiger partial charge in [-0.25, -0.2) is 0 Å². The van der Waals surface area contributed by atoms with E-state index in [-0.39, 0.29) is 25.3 Å². The number of para-hydroxylation sites is 1. The van der Waals surface area contributed by atoms with Gasteiger partial charge >= 0.3 is 5.97 Å². The fourth-order valence-corrected chi connectivity index (χ4v) is 2.46. The first-order valence-corrected chi connectivity index (χ1v) is 8.79. The van der Waals surface area contributed by atoms with Gasteiger partial charge in [0.05, 0.1) is 12.5 Å². The van der Waals surface area contributed by atoms with Crippen LogP contribution in [0.4, 0.5) is 5.69 Å². The Hall–Kier alpha value is -4.06. The second-order valence-corrected chi connectivity index (χ2v) is 5.86. The molecule has 29 heavy (non-hydrogen) atoms. The summed E-state index contributed by atoms with van der Waals surface area (Å²) in [4.78, 5) is 33.8. The van der Waals surface area contributed by atoms with Crippen LogP contribution in [0.3, 0.4) is 0 Å². The number of hydrogen-bond acceptors (Lipinski definition) is 8. The molecular formula is C20H17N5O4. The molecule has 0 saturated carbocycles. The molecule has 0 unspecified atom stereocenters. The number of benzene rings is 1. The highest BCUT2D eigenvalue weighted by atomic mass is 16.5. The van der Waals surface area contributed by atoms with Crippen molar-refractivity contribution in [3.63, 3.8) is 0 Å². The van der Waals surface area contributed by atoms with Gasteiger partial charge in [0.2, 0.25) is 11.7 Å². The molecule has 0 N–H and O–H groups in total. The summed E-state index contributed by atoms with van der Waals surface area (Å²) in [5.41, 5.74) is 1.12. The Morgan fingerprint density at radius 1 is 1.14 bits per heavy atom. The van der Waals surface area contributed by atoms with Crippen LogP contribution in [0.2, 0.25) is 0 Å².